The molecule has 1 N–H and O–H groups in total. The summed E-state index contributed by atoms with van der Waals surface area (Å²) < 4.78 is 12.6. The van der Waals surface area contributed by atoms with Gasteiger partial charge in [-0.25, -0.2) is 0 Å². The summed E-state index contributed by atoms with van der Waals surface area (Å²) in [5.74, 6) is 1.69. The van der Waals surface area contributed by atoms with Crippen LogP contribution in [-0.4, -0.2) is 26.8 Å². The fraction of sp³-hybridized carbons (Fsp3) is 0.231. The lowest BCUT2D eigenvalue weighted by Gasteiger charge is -2.19. The number of rotatable bonds is 8. The van der Waals surface area contributed by atoms with Gasteiger partial charge in [0.15, 0.2) is 0 Å². The largest absolute Gasteiger partial charge is 0.497 e. The molecule has 3 heterocycles. The van der Waals surface area contributed by atoms with Crippen LogP contribution in [0.1, 0.15) is 34.9 Å². The third kappa shape index (κ3) is 4.94. The maximum atomic E-state index is 13.3. The first-order chi connectivity index (χ1) is 17.4. The second kappa shape index (κ2) is 10.8. The monoisotopic (exact) mass is 520 g/mol. The quantitative estimate of drug-likeness (QED) is 0.338. The smallest absolute Gasteiger partial charge is 0.270 e. The number of carbonyl (C=O) groups is 1. The number of nitrogens with one attached hydrogen (secondary N) is 1. The number of anilines is 1. The predicted molar refractivity (Wildman–Crippen MR) is 144 cm³/mol. The molecule has 0 radical (unpaired) electrons. The number of ether oxygens (including phenoxy) is 1. The van der Waals surface area contributed by atoms with E-state index in [1.54, 1.807) is 37.3 Å². The van der Waals surface area contributed by atoms with Crippen molar-refractivity contribution < 1.29 is 13.9 Å². The highest BCUT2D eigenvalue weighted by atomic mass is 32.2. The minimum atomic E-state index is -0.386. The fourth-order valence-corrected chi connectivity index (χ4v) is 5.16. The molecule has 1 saturated heterocycles. The first-order valence-corrected chi connectivity index (χ1v) is 12.4. The lowest BCUT2D eigenvalue weighted by atomic mass is 10.0. The van der Waals surface area contributed by atoms with Gasteiger partial charge in [0.25, 0.3) is 11.5 Å². The van der Waals surface area contributed by atoms with Crippen molar-refractivity contribution >= 4 is 46.1 Å². The van der Waals surface area contributed by atoms with Gasteiger partial charge in [0.2, 0.25) is 0 Å². The summed E-state index contributed by atoms with van der Waals surface area (Å²) in [4.78, 5) is 28.3. The SMILES string of the molecule is CCn1c(NCc2ccco2)c(/C=C2\SC(=S)N(Cc3ccc(OC)cc3)C2=O)c(C)c(C#N)c1=O. The molecule has 1 amide bonds. The van der Waals surface area contributed by atoms with Crippen LogP contribution in [0, 0.1) is 18.3 Å². The minimum Gasteiger partial charge on any atom is -0.497 e. The Morgan fingerprint density at radius 2 is 2.00 bits per heavy atom. The van der Waals surface area contributed by atoms with E-state index in [1.807, 2.05) is 43.3 Å². The van der Waals surface area contributed by atoms with Crippen molar-refractivity contribution in [1.82, 2.24) is 9.47 Å². The highest BCUT2D eigenvalue weighted by Gasteiger charge is 2.33. The van der Waals surface area contributed by atoms with Crippen LogP contribution in [0.4, 0.5) is 5.82 Å². The lowest BCUT2D eigenvalue weighted by molar-refractivity contribution is -0.122. The molecule has 8 nitrogen and oxygen atoms in total. The average Bonchev–Trinajstić information content (AvgIpc) is 3.49. The Balaban J connectivity index is 1.72. The summed E-state index contributed by atoms with van der Waals surface area (Å²) in [5, 5.41) is 13.0. The number of hydrogen-bond acceptors (Lipinski definition) is 8. The Labute approximate surface area is 218 Å². The van der Waals surface area contributed by atoms with E-state index in [2.05, 4.69) is 5.32 Å². The maximum absolute atomic E-state index is 13.3. The summed E-state index contributed by atoms with van der Waals surface area (Å²) in [5.41, 5.74) is 1.65. The van der Waals surface area contributed by atoms with Crippen LogP contribution in [0.25, 0.3) is 6.08 Å². The van der Waals surface area contributed by atoms with E-state index >= 15 is 0 Å². The van der Waals surface area contributed by atoms with Crippen molar-refractivity contribution in [2.45, 2.75) is 33.5 Å². The Morgan fingerprint density at radius 1 is 1.25 bits per heavy atom. The van der Waals surface area contributed by atoms with Gasteiger partial charge >= 0.3 is 0 Å². The van der Waals surface area contributed by atoms with Crippen molar-refractivity contribution in [2.75, 3.05) is 12.4 Å². The maximum Gasteiger partial charge on any atom is 0.270 e. The Morgan fingerprint density at radius 3 is 2.61 bits per heavy atom. The van der Waals surface area contributed by atoms with Crippen LogP contribution in [0.5, 0.6) is 5.75 Å². The van der Waals surface area contributed by atoms with E-state index in [9.17, 15) is 14.9 Å². The molecule has 36 heavy (non-hydrogen) atoms. The normalized spacial score (nSPS) is 14.4. The number of nitriles is 1. The molecule has 1 fully saturated rings. The van der Waals surface area contributed by atoms with Gasteiger partial charge in [0.05, 0.1) is 31.4 Å². The number of nitrogens with zero attached hydrogens (tertiary/aromatic N) is 3. The van der Waals surface area contributed by atoms with E-state index in [0.29, 0.717) is 51.6 Å². The number of methoxy groups -OCH3 is 1. The number of thioether (sulfide) groups is 1. The molecular weight excluding hydrogens is 496 g/mol. The van der Waals surface area contributed by atoms with Crippen molar-refractivity contribution in [1.29, 1.82) is 5.26 Å². The van der Waals surface area contributed by atoms with Crippen molar-refractivity contribution in [3.05, 3.63) is 85.9 Å². The van der Waals surface area contributed by atoms with Crippen LogP contribution in [-0.2, 0) is 24.4 Å². The summed E-state index contributed by atoms with van der Waals surface area (Å²) >= 11 is 6.71. The Hall–Kier alpha value is -3.81. The Bertz CT molecular complexity index is 1430. The van der Waals surface area contributed by atoms with E-state index < -0.39 is 0 Å². The van der Waals surface area contributed by atoms with Crippen LogP contribution in [0.2, 0.25) is 0 Å². The molecule has 0 atom stereocenters. The van der Waals surface area contributed by atoms with E-state index in [0.717, 1.165) is 11.3 Å². The fourth-order valence-electron chi connectivity index (χ4n) is 3.92. The van der Waals surface area contributed by atoms with Gasteiger partial charge in [-0.05, 0) is 55.3 Å². The molecule has 0 spiro atoms. The number of aromatic nitrogens is 1. The minimum absolute atomic E-state index is 0.0420. The summed E-state index contributed by atoms with van der Waals surface area (Å²) in [6.45, 7) is 4.53. The van der Waals surface area contributed by atoms with Crippen LogP contribution < -0.4 is 15.6 Å². The highest BCUT2D eigenvalue weighted by Crippen LogP contribution is 2.36. The first kappa shape index (κ1) is 25.3. The molecule has 0 bridgehead atoms. The second-order valence-electron chi connectivity index (χ2n) is 7.97. The summed E-state index contributed by atoms with van der Waals surface area (Å²) in [6, 6.07) is 13.1. The molecular formula is C26H24N4O4S2. The first-order valence-electron chi connectivity index (χ1n) is 11.2. The molecule has 4 rings (SSSR count). The summed E-state index contributed by atoms with van der Waals surface area (Å²) in [7, 11) is 1.60. The van der Waals surface area contributed by atoms with Gasteiger partial charge in [-0.2, -0.15) is 5.26 Å². The molecule has 0 unspecified atom stereocenters. The van der Waals surface area contributed by atoms with Gasteiger partial charge in [0, 0.05) is 12.1 Å². The van der Waals surface area contributed by atoms with Gasteiger partial charge < -0.3 is 14.5 Å². The van der Waals surface area contributed by atoms with Crippen LogP contribution >= 0.6 is 24.0 Å². The van der Waals surface area contributed by atoms with E-state index in [1.165, 1.54) is 16.3 Å². The predicted octanol–water partition coefficient (Wildman–Crippen LogP) is 4.66. The molecule has 10 heteroatoms. The number of benzene rings is 1. The second-order valence-corrected chi connectivity index (χ2v) is 9.65. The number of furan rings is 1. The zero-order valence-electron chi connectivity index (χ0n) is 20.0. The van der Waals surface area contributed by atoms with Gasteiger partial charge in [-0.15, -0.1) is 0 Å². The lowest BCUT2D eigenvalue weighted by Crippen LogP contribution is -2.28. The van der Waals surface area contributed by atoms with Gasteiger partial charge in [-0.1, -0.05) is 36.1 Å². The molecule has 2 aromatic heterocycles. The molecule has 1 aliphatic heterocycles. The van der Waals surface area contributed by atoms with E-state index in [4.69, 9.17) is 21.4 Å². The van der Waals surface area contributed by atoms with Crippen LogP contribution in [0.3, 0.4) is 0 Å². The number of amides is 1. The Kier molecular flexibility index (Phi) is 7.62. The zero-order chi connectivity index (χ0) is 25.8. The molecule has 1 aromatic carbocycles. The van der Waals surface area contributed by atoms with Gasteiger partial charge in [0.1, 0.15) is 33.3 Å². The summed E-state index contributed by atoms with van der Waals surface area (Å²) in [6.07, 6.45) is 3.28. The topological polar surface area (TPSA) is 100 Å². The zero-order valence-corrected chi connectivity index (χ0v) is 21.7. The van der Waals surface area contributed by atoms with Crippen molar-refractivity contribution in [3.63, 3.8) is 0 Å². The number of thiocarbonyl (C=S) groups is 1. The number of carbonyl (C=O) groups excluding carboxylic acids is 1. The van der Waals surface area contributed by atoms with Crippen LogP contribution in [0.15, 0.2) is 56.8 Å². The molecule has 184 valence electrons. The molecule has 1 aliphatic rings. The number of hydrogen-bond donors (Lipinski definition) is 1. The molecule has 3 aromatic rings. The third-order valence-corrected chi connectivity index (χ3v) is 7.23. The average molecular weight is 521 g/mol. The van der Waals surface area contributed by atoms with E-state index in [-0.39, 0.29) is 17.0 Å². The van der Waals surface area contributed by atoms with Gasteiger partial charge in [-0.3, -0.25) is 19.1 Å². The molecule has 0 saturated carbocycles. The third-order valence-electron chi connectivity index (χ3n) is 5.85. The van der Waals surface area contributed by atoms with Crippen molar-refractivity contribution in [3.8, 4) is 11.8 Å². The standard InChI is InChI=1S/C26H24N4O4S2/c1-4-29-23(28-14-19-6-5-11-34-19)20(16(2)21(13-27)24(29)31)12-22-25(32)30(26(35)36-22)15-17-7-9-18(33-3)10-8-17/h5-12,28H,4,14-15H2,1-3H3/b22-12-. The highest BCUT2D eigenvalue weighted by molar-refractivity contribution is 8.26. The molecule has 0 aliphatic carbocycles. The van der Waals surface area contributed by atoms with Crippen molar-refractivity contribution in [2.24, 2.45) is 0 Å². The number of pyridine rings is 1.